The number of aliphatic hydroxyl groups excluding tert-OH is 2. The van der Waals surface area contributed by atoms with Crippen LogP contribution in [0.4, 0.5) is 16.2 Å². The fourth-order valence-electron chi connectivity index (χ4n) is 2.14. The van der Waals surface area contributed by atoms with Crippen LogP contribution >= 0.6 is 0 Å². The van der Waals surface area contributed by atoms with E-state index in [1.807, 2.05) is 0 Å². The molecule has 2 aromatic rings. The van der Waals surface area contributed by atoms with Crippen molar-refractivity contribution in [1.82, 2.24) is 5.32 Å². The molecule has 4 N–H and O–H groups in total. The standard InChI is InChI=1S/C16H17N3O5/c20-10-14(18-16(22)17-12-6-2-1-3-7-12)15(21)11-5-4-8-13(9-11)19(23)24/h1-9,14-15,20-21H,10H2,(H2,17,18,22)/t14-,15+/m1/s1. The molecule has 8 nitrogen and oxygen atoms in total. The maximum absolute atomic E-state index is 11.9. The van der Waals surface area contributed by atoms with Crippen LogP contribution in [0.1, 0.15) is 11.7 Å². The predicted molar refractivity (Wildman–Crippen MR) is 87.5 cm³/mol. The van der Waals surface area contributed by atoms with Gasteiger partial charge in [0.05, 0.1) is 17.6 Å². The van der Waals surface area contributed by atoms with E-state index in [-0.39, 0.29) is 11.3 Å². The molecule has 0 unspecified atom stereocenters. The van der Waals surface area contributed by atoms with E-state index in [1.165, 1.54) is 24.3 Å². The number of hydrogen-bond acceptors (Lipinski definition) is 5. The lowest BCUT2D eigenvalue weighted by Crippen LogP contribution is -2.44. The number of aliphatic hydroxyl groups is 2. The first-order valence-electron chi connectivity index (χ1n) is 7.17. The number of nitro benzene ring substituents is 1. The summed E-state index contributed by atoms with van der Waals surface area (Å²) in [6.07, 6.45) is -1.29. The summed E-state index contributed by atoms with van der Waals surface area (Å²) in [6.45, 7) is -0.536. The lowest BCUT2D eigenvalue weighted by Gasteiger charge is -2.22. The largest absolute Gasteiger partial charge is 0.394 e. The van der Waals surface area contributed by atoms with E-state index in [2.05, 4.69) is 10.6 Å². The highest BCUT2D eigenvalue weighted by Crippen LogP contribution is 2.21. The zero-order valence-corrected chi connectivity index (χ0v) is 12.6. The number of para-hydroxylation sites is 1. The number of hydrogen-bond donors (Lipinski definition) is 4. The fourth-order valence-corrected chi connectivity index (χ4v) is 2.14. The summed E-state index contributed by atoms with van der Waals surface area (Å²) < 4.78 is 0. The number of rotatable bonds is 6. The van der Waals surface area contributed by atoms with E-state index in [0.717, 1.165) is 0 Å². The van der Waals surface area contributed by atoms with Crippen molar-refractivity contribution in [3.63, 3.8) is 0 Å². The normalized spacial score (nSPS) is 12.9. The molecular formula is C16H17N3O5. The van der Waals surface area contributed by atoms with Crippen LogP contribution in [-0.2, 0) is 0 Å². The quantitative estimate of drug-likeness (QED) is 0.474. The third kappa shape index (κ3) is 4.51. The number of nitrogens with one attached hydrogen (secondary N) is 2. The number of amides is 2. The second-order valence-electron chi connectivity index (χ2n) is 5.05. The Hall–Kier alpha value is -2.97. The molecule has 0 bridgehead atoms. The average Bonchev–Trinajstić information content (AvgIpc) is 2.60. The Morgan fingerprint density at radius 3 is 2.50 bits per heavy atom. The van der Waals surface area contributed by atoms with Gasteiger partial charge in [-0.1, -0.05) is 30.3 Å². The van der Waals surface area contributed by atoms with Gasteiger partial charge in [0, 0.05) is 17.8 Å². The Kier molecular flexibility index (Phi) is 5.83. The summed E-state index contributed by atoms with van der Waals surface area (Å²) in [5.41, 5.74) is 0.594. The van der Waals surface area contributed by atoms with Gasteiger partial charge in [0.15, 0.2) is 0 Å². The van der Waals surface area contributed by atoms with E-state index >= 15 is 0 Å². The SMILES string of the molecule is O=C(Nc1ccccc1)N[C@H](CO)[C@@H](O)c1cccc([N+](=O)[O-])c1. The summed E-state index contributed by atoms with van der Waals surface area (Å²) in [5.74, 6) is 0. The number of non-ortho nitro benzene ring substituents is 1. The highest BCUT2D eigenvalue weighted by atomic mass is 16.6. The molecule has 0 spiro atoms. The number of carbonyl (C=O) groups is 1. The van der Waals surface area contributed by atoms with Crippen molar-refractivity contribution in [1.29, 1.82) is 0 Å². The van der Waals surface area contributed by atoms with E-state index in [0.29, 0.717) is 5.69 Å². The van der Waals surface area contributed by atoms with Crippen LogP contribution < -0.4 is 10.6 Å². The number of benzene rings is 2. The molecule has 0 aliphatic carbocycles. The number of nitro groups is 1. The summed E-state index contributed by atoms with van der Waals surface area (Å²) >= 11 is 0. The maximum atomic E-state index is 11.9. The number of nitrogens with zero attached hydrogens (tertiary/aromatic N) is 1. The smallest absolute Gasteiger partial charge is 0.319 e. The lowest BCUT2D eigenvalue weighted by atomic mass is 10.0. The van der Waals surface area contributed by atoms with Gasteiger partial charge in [-0.2, -0.15) is 0 Å². The van der Waals surface area contributed by atoms with Gasteiger partial charge in [-0.15, -0.1) is 0 Å². The van der Waals surface area contributed by atoms with Crippen LogP contribution in [0.5, 0.6) is 0 Å². The van der Waals surface area contributed by atoms with Gasteiger partial charge >= 0.3 is 6.03 Å². The van der Waals surface area contributed by atoms with Crippen LogP contribution in [0.3, 0.4) is 0 Å². The van der Waals surface area contributed by atoms with Crippen molar-refractivity contribution in [2.75, 3.05) is 11.9 Å². The summed E-state index contributed by atoms with van der Waals surface area (Å²) in [7, 11) is 0. The first-order chi connectivity index (χ1) is 11.5. The van der Waals surface area contributed by atoms with E-state index < -0.39 is 29.7 Å². The van der Waals surface area contributed by atoms with Crippen molar-refractivity contribution in [2.24, 2.45) is 0 Å². The average molecular weight is 331 g/mol. The van der Waals surface area contributed by atoms with Crippen molar-refractivity contribution < 1.29 is 19.9 Å². The molecule has 2 amide bonds. The second kappa shape index (κ2) is 8.04. The summed E-state index contributed by atoms with van der Waals surface area (Å²) in [4.78, 5) is 22.1. The number of carbonyl (C=O) groups excluding carboxylic acids is 1. The number of urea groups is 1. The van der Waals surface area contributed by atoms with Crippen LogP contribution in [-0.4, -0.2) is 33.8 Å². The Morgan fingerprint density at radius 1 is 1.17 bits per heavy atom. The van der Waals surface area contributed by atoms with Gasteiger partial charge in [-0.3, -0.25) is 10.1 Å². The minimum Gasteiger partial charge on any atom is -0.394 e. The van der Waals surface area contributed by atoms with Gasteiger partial charge in [-0.25, -0.2) is 4.79 Å². The maximum Gasteiger partial charge on any atom is 0.319 e. The molecule has 0 saturated carbocycles. The van der Waals surface area contributed by atoms with Gasteiger partial charge < -0.3 is 20.8 Å². The van der Waals surface area contributed by atoms with Crippen molar-refractivity contribution >= 4 is 17.4 Å². The van der Waals surface area contributed by atoms with Crippen LogP contribution in [0, 0.1) is 10.1 Å². The van der Waals surface area contributed by atoms with Crippen LogP contribution in [0.2, 0.25) is 0 Å². The van der Waals surface area contributed by atoms with Gasteiger partial charge in [-0.05, 0) is 17.7 Å². The molecule has 0 heterocycles. The Bertz CT molecular complexity index is 708. The molecule has 2 aromatic carbocycles. The third-order valence-electron chi connectivity index (χ3n) is 3.35. The molecule has 0 aliphatic rings. The molecule has 0 fully saturated rings. The van der Waals surface area contributed by atoms with E-state index in [4.69, 9.17) is 0 Å². The molecule has 2 rings (SSSR count). The predicted octanol–water partition coefficient (Wildman–Crippen LogP) is 1.81. The zero-order valence-electron chi connectivity index (χ0n) is 12.6. The first-order valence-corrected chi connectivity index (χ1v) is 7.17. The Balaban J connectivity index is 2.06. The van der Waals surface area contributed by atoms with E-state index in [1.54, 1.807) is 30.3 Å². The highest BCUT2D eigenvalue weighted by Gasteiger charge is 2.23. The van der Waals surface area contributed by atoms with Gasteiger partial charge in [0.1, 0.15) is 6.10 Å². The molecule has 0 aromatic heterocycles. The number of anilines is 1. The monoisotopic (exact) mass is 331 g/mol. The highest BCUT2D eigenvalue weighted by molar-refractivity contribution is 5.89. The Labute approximate surface area is 137 Å². The van der Waals surface area contributed by atoms with Crippen molar-refractivity contribution in [2.45, 2.75) is 12.1 Å². The third-order valence-corrected chi connectivity index (χ3v) is 3.35. The van der Waals surface area contributed by atoms with E-state index in [9.17, 15) is 25.1 Å². The molecule has 0 aliphatic heterocycles. The fraction of sp³-hybridized carbons (Fsp3) is 0.188. The topological polar surface area (TPSA) is 125 Å². The lowest BCUT2D eigenvalue weighted by molar-refractivity contribution is -0.385. The molecule has 24 heavy (non-hydrogen) atoms. The first kappa shape index (κ1) is 17.4. The summed E-state index contributed by atoms with van der Waals surface area (Å²) in [6, 6.07) is 12.4. The van der Waals surface area contributed by atoms with Crippen molar-refractivity contribution in [3.05, 3.63) is 70.3 Å². The van der Waals surface area contributed by atoms with Gasteiger partial charge in [0.2, 0.25) is 0 Å². The van der Waals surface area contributed by atoms with Crippen LogP contribution in [0.15, 0.2) is 54.6 Å². The molecule has 126 valence electrons. The summed E-state index contributed by atoms with van der Waals surface area (Å²) in [5, 5.41) is 35.5. The molecule has 0 radical (unpaired) electrons. The Morgan fingerprint density at radius 2 is 1.88 bits per heavy atom. The molecular weight excluding hydrogens is 314 g/mol. The second-order valence-corrected chi connectivity index (χ2v) is 5.05. The van der Waals surface area contributed by atoms with Gasteiger partial charge in [0.25, 0.3) is 5.69 Å². The minimum absolute atomic E-state index is 0.183. The van der Waals surface area contributed by atoms with Crippen molar-refractivity contribution in [3.8, 4) is 0 Å². The zero-order chi connectivity index (χ0) is 17.5. The minimum atomic E-state index is -1.29. The van der Waals surface area contributed by atoms with Crippen LogP contribution in [0.25, 0.3) is 0 Å². The molecule has 8 heteroatoms. The molecule has 0 saturated heterocycles. The molecule has 2 atom stereocenters.